The van der Waals surface area contributed by atoms with Crippen LogP contribution in [0.4, 0.5) is 0 Å². The molecule has 2 saturated heterocycles. The fourth-order valence-corrected chi connectivity index (χ4v) is 3.48. The third-order valence-electron chi connectivity index (χ3n) is 3.28. The highest BCUT2D eigenvalue weighted by atomic mass is 32.2. The van der Waals surface area contributed by atoms with Crippen LogP contribution in [-0.2, 0) is 0 Å². The summed E-state index contributed by atoms with van der Waals surface area (Å²) in [5.41, 5.74) is 0. The van der Waals surface area contributed by atoms with Crippen LogP contribution in [0.5, 0.6) is 0 Å². The molecule has 1 N–H and O–H groups in total. The van der Waals surface area contributed by atoms with Gasteiger partial charge in [-0.25, -0.2) is 0 Å². The van der Waals surface area contributed by atoms with E-state index in [1.54, 1.807) is 0 Å². The molecule has 2 nitrogen and oxygen atoms in total. The first-order valence-electron chi connectivity index (χ1n) is 5.33. The highest BCUT2D eigenvalue weighted by molar-refractivity contribution is 7.99. The van der Waals surface area contributed by atoms with Crippen LogP contribution < -0.4 is 0 Å². The van der Waals surface area contributed by atoms with Gasteiger partial charge in [-0.15, -0.1) is 0 Å². The number of nitrogens with zero attached hydrogens (tertiary/aromatic N) is 1. The molecule has 0 unspecified atom stereocenters. The number of rotatable bonds is 2. The molecule has 0 spiro atoms. The molecule has 0 saturated carbocycles. The SMILES string of the molecule is OC[C@H]1CCN(C2CCSCC2)C1. The number of aliphatic hydroxyl groups is 1. The maximum absolute atomic E-state index is 9.05. The summed E-state index contributed by atoms with van der Waals surface area (Å²) in [6, 6.07) is 0.831. The Balaban J connectivity index is 1.80. The van der Waals surface area contributed by atoms with E-state index >= 15 is 0 Å². The summed E-state index contributed by atoms with van der Waals surface area (Å²) >= 11 is 2.09. The minimum atomic E-state index is 0.387. The standard InChI is InChI=1S/C10H19NOS/c12-8-9-1-4-11(7-9)10-2-5-13-6-3-10/h9-10,12H,1-8H2/t9-/m0/s1. The third kappa shape index (κ3) is 2.39. The zero-order valence-corrected chi connectivity index (χ0v) is 8.93. The van der Waals surface area contributed by atoms with Gasteiger partial charge in [0, 0.05) is 19.2 Å². The molecule has 13 heavy (non-hydrogen) atoms. The van der Waals surface area contributed by atoms with Gasteiger partial charge in [0.1, 0.15) is 0 Å². The fourth-order valence-electron chi connectivity index (χ4n) is 2.39. The van der Waals surface area contributed by atoms with E-state index in [1.165, 1.54) is 37.3 Å². The van der Waals surface area contributed by atoms with Gasteiger partial charge in [0.2, 0.25) is 0 Å². The Morgan fingerprint density at radius 3 is 2.62 bits per heavy atom. The molecule has 1 atom stereocenters. The summed E-state index contributed by atoms with van der Waals surface area (Å²) in [6.07, 6.45) is 3.94. The number of thioether (sulfide) groups is 1. The van der Waals surface area contributed by atoms with Crippen LogP contribution in [-0.4, -0.2) is 47.3 Å². The molecular weight excluding hydrogens is 182 g/mol. The second kappa shape index (κ2) is 4.67. The minimum Gasteiger partial charge on any atom is -0.396 e. The van der Waals surface area contributed by atoms with Crippen molar-refractivity contribution in [3.05, 3.63) is 0 Å². The van der Waals surface area contributed by atoms with E-state index in [-0.39, 0.29) is 0 Å². The highest BCUT2D eigenvalue weighted by Crippen LogP contribution is 2.26. The third-order valence-corrected chi connectivity index (χ3v) is 4.33. The van der Waals surface area contributed by atoms with Crippen LogP contribution >= 0.6 is 11.8 Å². The van der Waals surface area contributed by atoms with Gasteiger partial charge in [0.15, 0.2) is 0 Å². The van der Waals surface area contributed by atoms with Crippen LogP contribution in [0.15, 0.2) is 0 Å². The summed E-state index contributed by atoms with van der Waals surface area (Å²) in [4.78, 5) is 2.60. The lowest BCUT2D eigenvalue weighted by Crippen LogP contribution is -2.36. The van der Waals surface area contributed by atoms with Crippen molar-refractivity contribution < 1.29 is 5.11 Å². The Bertz CT molecular complexity index is 159. The first kappa shape index (κ1) is 9.81. The van der Waals surface area contributed by atoms with Gasteiger partial charge in [0.05, 0.1) is 0 Å². The summed E-state index contributed by atoms with van der Waals surface area (Å²) < 4.78 is 0. The van der Waals surface area contributed by atoms with Crippen molar-refractivity contribution >= 4 is 11.8 Å². The second-order valence-electron chi connectivity index (χ2n) is 4.18. The molecule has 0 aromatic rings. The second-order valence-corrected chi connectivity index (χ2v) is 5.40. The molecule has 2 aliphatic rings. The predicted octanol–water partition coefficient (Wildman–Crippen LogP) is 1.20. The molecule has 2 rings (SSSR count). The Hall–Kier alpha value is 0.270. The van der Waals surface area contributed by atoms with E-state index in [9.17, 15) is 0 Å². The molecule has 2 aliphatic heterocycles. The van der Waals surface area contributed by atoms with Crippen LogP contribution in [0.1, 0.15) is 19.3 Å². The molecule has 2 fully saturated rings. The lowest BCUT2D eigenvalue weighted by molar-refractivity contribution is 0.191. The Morgan fingerprint density at radius 1 is 1.23 bits per heavy atom. The van der Waals surface area contributed by atoms with E-state index in [0.717, 1.165) is 12.6 Å². The fraction of sp³-hybridized carbons (Fsp3) is 1.00. The molecule has 76 valence electrons. The summed E-state index contributed by atoms with van der Waals surface area (Å²) in [5.74, 6) is 3.24. The predicted molar refractivity (Wildman–Crippen MR) is 57.1 cm³/mol. The quantitative estimate of drug-likeness (QED) is 0.726. The van der Waals surface area contributed by atoms with Crippen molar-refractivity contribution in [3.63, 3.8) is 0 Å². The van der Waals surface area contributed by atoms with E-state index in [4.69, 9.17) is 5.11 Å². The zero-order valence-electron chi connectivity index (χ0n) is 8.11. The van der Waals surface area contributed by atoms with E-state index in [0.29, 0.717) is 12.5 Å². The summed E-state index contributed by atoms with van der Waals surface area (Å²) in [5, 5.41) is 9.05. The van der Waals surface area contributed by atoms with Crippen LogP contribution in [0.3, 0.4) is 0 Å². The first-order valence-corrected chi connectivity index (χ1v) is 6.48. The van der Waals surface area contributed by atoms with Crippen LogP contribution in [0.25, 0.3) is 0 Å². The number of hydrogen-bond donors (Lipinski definition) is 1. The maximum Gasteiger partial charge on any atom is 0.0471 e. The van der Waals surface area contributed by atoms with Crippen molar-refractivity contribution in [1.82, 2.24) is 4.90 Å². The van der Waals surface area contributed by atoms with Crippen molar-refractivity contribution in [2.45, 2.75) is 25.3 Å². The number of aliphatic hydroxyl groups excluding tert-OH is 1. The lowest BCUT2D eigenvalue weighted by atomic mass is 10.1. The van der Waals surface area contributed by atoms with Gasteiger partial charge in [-0.3, -0.25) is 4.90 Å². The molecule has 3 heteroatoms. The number of hydrogen-bond acceptors (Lipinski definition) is 3. The summed E-state index contributed by atoms with van der Waals surface area (Å²) in [6.45, 7) is 2.75. The minimum absolute atomic E-state index is 0.387. The normalized spacial score (nSPS) is 32.5. The van der Waals surface area contributed by atoms with Crippen molar-refractivity contribution in [3.8, 4) is 0 Å². The summed E-state index contributed by atoms with van der Waals surface area (Å²) in [7, 11) is 0. The molecule has 0 aromatic heterocycles. The molecule has 2 heterocycles. The van der Waals surface area contributed by atoms with Crippen LogP contribution in [0, 0.1) is 5.92 Å². The zero-order chi connectivity index (χ0) is 9.10. The van der Waals surface area contributed by atoms with Crippen molar-refractivity contribution in [2.75, 3.05) is 31.2 Å². The van der Waals surface area contributed by atoms with Crippen LogP contribution in [0.2, 0.25) is 0 Å². The largest absolute Gasteiger partial charge is 0.396 e. The Labute approximate surface area is 84.7 Å². The monoisotopic (exact) mass is 201 g/mol. The first-order chi connectivity index (χ1) is 6.40. The molecule has 0 aliphatic carbocycles. The van der Waals surface area contributed by atoms with Gasteiger partial charge in [-0.1, -0.05) is 0 Å². The van der Waals surface area contributed by atoms with E-state index in [1.807, 2.05) is 0 Å². The van der Waals surface area contributed by atoms with Gasteiger partial charge < -0.3 is 5.11 Å². The van der Waals surface area contributed by atoms with Gasteiger partial charge in [-0.05, 0) is 43.2 Å². The van der Waals surface area contributed by atoms with Gasteiger partial charge in [-0.2, -0.15) is 11.8 Å². The van der Waals surface area contributed by atoms with E-state index < -0.39 is 0 Å². The highest BCUT2D eigenvalue weighted by Gasteiger charge is 2.28. The molecule has 0 bridgehead atoms. The van der Waals surface area contributed by atoms with Gasteiger partial charge in [0.25, 0.3) is 0 Å². The molecular formula is C10H19NOS. The average molecular weight is 201 g/mol. The molecule has 0 aromatic carbocycles. The topological polar surface area (TPSA) is 23.5 Å². The molecule has 0 amide bonds. The van der Waals surface area contributed by atoms with E-state index in [2.05, 4.69) is 16.7 Å². The van der Waals surface area contributed by atoms with Crippen molar-refractivity contribution in [2.24, 2.45) is 5.92 Å². The molecule has 0 radical (unpaired) electrons. The average Bonchev–Trinajstić information content (AvgIpc) is 2.67. The Morgan fingerprint density at radius 2 is 2.00 bits per heavy atom. The maximum atomic E-state index is 9.05. The van der Waals surface area contributed by atoms with Crippen molar-refractivity contribution in [1.29, 1.82) is 0 Å². The Kier molecular flexibility index (Phi) is 3.52. The number of likely N-dealkylation sites (tertiary alicyclic amines) is 1. The van der Waals surface area contributed by atoms with Gasteiger partial charge >= 0.3 is 0 Å². The smallest absolute Gasteiger partial charge is 0.0471 e. The lowest BCUT2D eigenvalue weighted by Gasteiger charge is -2.30.